The third-order valence-corrected chi connectivity index (χ3v) is 4.59. The highest BCUT2D eigenvalue weighted by Crippen LogP contribution is 2.20. The molecule has 2 aromatic rings. The van der Waals surface area contributed by atoms with Crippen molar-refractivity contribution in [1.29, 1.82) is 0 Å². The summed E-state index contributed by atoms with van der Waals surface area (Å²) in [5, 5.41) is 19.4. The number of guanidine groups is 1. The number of carbonyl (C=O) groups excluding carboxylic acids is 1. The van der Waals surface area contributed by atoms with Crippen molar-refractivity contribution in [1.82, 2.24) is 10.6 Å². The summed E-state index contributed by atoms with van der Waals surface area (Å²) in [6.07, 6.45) is -0.00270. The molecule has 0 aliphatic heterocycles. The van der Waals surface area contributed by atoms with E-state index in [1.165, 1.54) is 0 Å². The maximum atomic E-state index is 12.2. The Kier molecular flexibility index (Phi) is 11.9. The fourth-order valence-corrected chi connectivity index (χ4v) is 2.94. The van der Waals surface area contributed by atoms with E-state index in [1.807, 2.05) is 62.4 Å². The topological polar surface area (TPSA) is 85.8 Å². The SMILES string of the molecule is CCNC(=NCC(=O)Nc1cc(Br)ccc1C)NCCC(O)c1ccccc1.I. The zero-order valence-corrected chi connectivity index (χ0v) is 20.5. The van der Waals surface area contributed by atoms with Crippen LogP contribution in [0, 0.1) is 6.92 Å². The van der Waals surface area contributed by atoms with Gasteiger partial charge in [0.2, 0.25) is 5.91 Å². The number of hydrogen-bond donors (Lipinski definition) is 4. The van der Waals surface area contributed by atoms with Crippen LogP contribution in [0.3, 0.4) is 0 Å². The number of carbonyl (C=O) groups is 1. The highest BCUT2D eigenvalue weighted by Gasteiger charge is 2.08. The molecule has 0 heterocycles. The van der Waals surface area contributed by atoms with Crippen molar-refractivity contribution in [3.8, 4) is 0 Å². The Hall–Kier alpha value is -1.65. The van der Waals surface area contributed by atoms with Crippen LogP contribution in [0.5, 0.6) is 0 Å². The van der Waals surface area contributed by atoms with Gasteiger partial charge in [0.05, 0.1) is 6.10 Å². The summed E-state index contributed by atoms with van der Waals surface area (Å²) in [4.78, 5) is 16.5. The average Bonchev–Trinajstić information content (AvgIpc) is 2.69. The molecule has 0 fully saturated rings. The minimum Gasteiger partial charge on any atom is -0.388 e. The largest absolute Gasteiger partial charge is 0.388 e. The van der Waals surface area contributed by atoms with Gasteiger partial charge in [0, 0.05) is 23.2 Å². The van der Waals surface area contributed by atoms with Crippen LogP contribution in [0.4, 0.5) is 5.69 Å². The molecule has 0 aliphatic carbocycles. The van der Waals surface area contributed by atoms with Gasteiger partial charge in [-0.2, -0.15) is 0 Å². The smallest absolute Gasteiger partial charge is 0.246 e. The van der Waals surface area contributed by atoms with Gasteiger partial charge in [0.25, 0.3) is 0 Å². The Labute approximate surface area is 197 Å². The summed E-state index contributed by atoms with van der Waals surface area (Å²) in [5.41, 5.74) is 2.63. The van der Waals surface area contributed by atoms with E-state index >= 15 is 0 Å². The fourth-order valence-electron chi connectivity index (χ4n) is 2.58. The zero-order chi connectivity index (χ0) is 20.4. The standard InChI is InChI=1S/C21H27BrN4O2.HI/c1-3-23-21(24-12-11-19(27)16-7-5-4-6-8-16)25-14-20(28)26-18-13-17(22)10-9-15(18)2;/h4-10,13,19,27H,3,11-12,14H2,1-2H3,(H,26,28)(H2,23,24,25);1H. The number of aliphatic imine (C=N–C) groups is 1. The van der Waals surface area contributed by atoms with Crippen LogP contribution in [-0.2, 0) is 4.79 Å². The summed E-state index contributed by atoms with van der Waals surface area (Å²) >= 11 is 3.41. The monoisotopic (exact) mass is 574 g/mol. The molecule has 6 nitrogen and oxygen atoms in total. The highest BCUT2D eigenvalue weighted by atomic mass is 127. The second kappa shape index (κ2) is 13.6. The fraction of sp³-hybridized carbons (Fsp3) is 0.333. The van der Waals surface area contributed by atoms with Gasteiger partial charge in [-0.1, -0.05) is 52.3 Å². The first kappa shape index (κ1) is 25.4. The number of hydrogen-bond acceptors (Lipinski definition) is 3. The second-order valence-electron chi connectivity index (χ2n) is 6.34. The summed E-state index contributed by atoms with van der Waals surface area (Å²) in [6, 6.07) is 15.3. The number of nitrogens with zero attached hydrogens (tertiary/aromatic N) is 1. The quantitative estimate of drug-likeness (QED) is 0.218. The van der Waals surface area contributed by atoms with Crippen molar-refractivity contribution in [3.63, 3.8) is 0 Å². The molecule has 4 N–H and O–H groups in total. The summed E-state index contributed by atoms with van der Waals surface area (Å²) < 4.78 is 0.906. The van der Waals surface area contributed by atoms with E-state index in [-0.39, 0.29) is 36.4 Å². The van der Waals surface area contributed by atoms with E-state index in [0.717, 1.165) is 21.3 Å². The molecule has 1 unspecified atom stereocenters. The van der Waals surface area contributed by atoms with E-state index < -0.39 is 6.10 Å². The van der Waals surface area contributed by atoms with Crippen molar-refractivity contribution in [2.24, 2.45) is 4.99 Å². The van der Waals surface area contributed by atoms with Crippen molar-refractivity contribution < 1.29 is 9.90 Å². The first-order valence-corrected chi connectivity index (χ1v) is 10.1. The van der Waals surface area contributed by atoms with Gasteiger partial charge in [-0.15, -0.1) is 24.0 Å². The minimum absolute atomic E-state index is 0. The number of amides is 1. The summed E-state index contributed by atoms with van der Waals surface area (Å²) in [7, 11) is 0. The van der Waals surface area contributed by atoms with E-state index in [4.69, 9.17) is 0 Å². The van der Waals surface area contributed by atoms with E-state index in [2.05, 4.69) is 36.9 Å². The number of anilines is 1. The molecule has 0 bridgehead atoms. The van der Waals surface area contributed by atoms with Gasteiger partial charge in [-0.3, -0.25) is 4.79 Å². The summed E-state index contributed by atoms with van der Waals surface area (Å²) in [5.74, 6) is 0.353. The van der Waals surface area contributed by atoms with Crippen LogP contribution >= 0.6 is 39.9 Å². The lowest BCUT2D eigenvalue weighted by molar-refractivity contribution is -0.114. The number of aliphatic hydroxyl groups excluding tert-OH is 1. The Balaban J connectivity index is 0.00000420. The first-order valence-electron chi connectivity index (χ1n) is 9.30. The number of aliphatic hydroxyl groups is 1. The third kappa shape index (κ3) is 9.14. The molecule has 0 radical (unpaired) electrons. The molecule has 1 atom stereocenters. The molecule has 0 saturated carbocycles. The predicted molar refractivity (Wildman–Crippen MR) is 133 cm³/mol. The molecular formula is C21H28BrIN4O2. The molecule has 158 valence electrons. The van der Waals surface area contributed by atoms with Crippen LogP contribution in [0.15, 0.2) is 58.0 Å². The average molecular weight is 575 g/mol. The predicted octanol–water partition coefficient (Wildman–Crippen LogP) is 3.99. The number of rotatable bonds is 8. The normalized spacial score (nSPS) is 11.9. The Bertz CT molecular complexity index is 803. The van der Waals surface area contributed by atoms with Gasteiger partial charge < -0.3 is 21.1 Å². The molecule has 8 heteroatoms. The van der Waals surface area contributed by atoms with Gasteiger partial charge in [0.1, 0.15) is 6.54 Å². The van der Waals surface area contributed by atoms with Gasteiger partial charge in [0.15, 0.2) is 5.96 Å². The van der Waals surface area contributed by atoms with Crippen molar-refractivity contribution in [3.05, 3.63) is 64.1 Å². The van der Waals surface area contributed by atoms with Crippen LogP contribution in [0.2, 0.25) is 0 Å². The molecule has 2 rings (SSSR count). The van der Waals surface area contributed by atoms with Crippen molar-refractivity contribution in [2.45, 2.75) is 26.4 Å². The van der Waals surface area contributed by atoms with Gasteiger partial charge >= 0.3 is 0 Å². The van der Waals surface area contributed by atoms with Crippen LogP contribution < -0.4 is 16.0 Å². The maximum absolute atomic E-state index is 12.2. The number of benzene rings is 2. The lowest BCUT2D eigenvalue weighted by atomic mass is 10.1. The molecule has 2 aromatic carbocycles. The Morgan fingerprint density at radius 3 is 2.59 bits per heavy atom. The number of aryl methyl sites for hydroxylation is 1. The molecular weight excluding hydrogens is 547 g/mol. The van der Waals surface area contributed by atoms with E-state index in [9.17, 15) is 9.90 Å². The van der Waals surface area contributed by atoms with Crippen molar-refractivity contribution >= 4 is 57.5 Å². The molecule has 0 aromatic heterocycles. The first-order chi connectivity index (χ1) is 13.5. The highest BCUT2D eigenvalue weighted by molar-refractivity contribution is 14.0. The minimum atomic E-state index is -0.542. The second-order valence-corrected chi connectivity index (χ2v) is 7.26. The van der Waals surface area contributed by atoms with Gasteiger partial charge in [-0.25, -0.2) is 4.99 Å². The molecule has 0 aliphatic rings. The van der Waals surface area contributed by atoms with E-state index in [1.54, 1.807) is 0 Å². The lowest BCUT2D eigenvalue weighted by Gasteiger charge is -2.14. The Morgan fingerprint density at radius 1 is 1.17 bits per heavy atom. The molecule has 0 saturated heterocycles. The van der Waals surface area contributed by atoms with E-state index in [0.29, 0.717) is 25.5 Å². The van der Waals surface area contributed by atoms with Crippen LogP contribution in [0.1, 0.15) is 30.6 Å². The van der Waals surface area contributed by atoms with Crippen LogP contribution in [0.25, 0.3) is 0 Å². The third-order valence-electron chi connectivity index (χ3n) is 4.09. The van der Waals surface area contributed by atoms with Crippen LogP contribution in [-0.4, -0.2) is 36.6 Å². The maximum Gasteiger partial charge on any atom is 0.246 e. The molecule has 0 spiro atoms. The summed E-state index contributed by atoms with van der Waals surface area (Å²) in [6.45, 7) is 5.12. The Morgan fingerprint density at radius 2 is 1.90 bits per heavy atom. The number of halogens is 2. The van der Waals surface area contributed by atoms with Gasteiger partial charge in [-0.05, 0) is 43.5 Å². The zero-order valence-electron chi connectivity index (χ0n) is 16.6. The lowest BCUT2D eigenvalue weighted by Crippen LogP contribution is -2.38. The van der Waals surface area contributed by atoms with Crippen molar-refractivity contribution in [2.75, 3.05) is 25.0 Å². The molecule has 1 amide bonds. The number of nitrogens with one attached hydrogen (secondary N) is 3. The molecule has 29 heavy (non-hydrogen) atoms.